The summed E-state index contributed by atoms with van der Waals surface area (Å²) < 4.78 is 5.42. The molecule has 1 heterocycles. The van der Waals surface area contributed by atoms with Crippen LogP contribution in [0, 0.1) is 11.3 Å². The van der Waals surface area contributed by atoms with Crippen LogP contribution < -0.4 is 10.1 Å². The zero-order valence-electron chi connectivity index (χ0n) is 16.3. The number of pyridine rings is 1. The number of aryl methyl sites for hydroxylation is 2. The van der Waals surface area contributed by atoms with Gasteiger partial charge >= 0.3 is 0 Å². The number of aromatic nitrogens is 1. The van der Waals surface area contributed by atoms with Crippen LogP contribution in [-0.2, 0) is 17.6 Å². The van der Waals surface area contributed by atoms with Gasteiger partial charge in [-0.1, -0.05) is 18.2 Å². The van der Waals surface area contributed by atoms with Gasteiger partial charge in [-0.25, -0.2) is 4.98 Å². The summed E-state index contributed by atoms with van der Waals surface area (Å²) in [6, 6.07) is 11.5. The third kappa shape index (κ3) is 5.05. The van der Waals surface area contributed by atoms with Gasteiger partial charge in [-0.05, 0) is 75.4 Å². The van der Waals surface area contributed by atoms with Crippen LogP contribution in [-0.4, -0.2) is 22.7 Å². The quantitative estimate of drug-likeness (QED) is 0.565. The molecule has 1 aromatic carbocycles. The van der Waals surface area contributed by atoms with E-state index >= 15 is 0 Å². The van der Waals surface area contributed by atoms with Gasteiger partial charge in [0.2, 0.25) is 5.91 Å². The Morgan fingerprint density at radius 3 is 2.75 bits per heavy atom. The minimum atomic E-state index is -0.366. The Kier molecular flexibility index (Phi) is 6.94. The average Bonchev–Trinajstić information content (AvgIpc) is 2.93. The second-order valence-corrected chi connectivity index (χ2v) is 8.16. The number of fused-ring (bicyclic) bond motifs is 1. The summed E-state index contributed by atoms with van der Waals surface area (Å²) >= 11 is 1.34. The number of anilines is 1. The fraction of sp³-hybridized carbons (Fsp3) is 0.409. The largest absolute Gasteiger partial charge is 0.494 e. The van der Waals surface area contributed by atoms with E-state index in [1.807, 2.05) is 44.2 Å². The fourth-order valence-electron chi connectivity index (χ4n) is 3.23. The van der Waals surface area contributed by atoms with Crippen LogP contribution in [0.1, 0.15) is 49.9 Å². The van der Waals surface area contributed by atoms with Crippen molar-refractivity contribution >= 4 is 23.4 Å². The first-order valence-electron chi connectivity index (χ1n) is 9.74. The van der Waals surface area contributed by atoms with E-state index in [1.54, 1.807) is 0 Å². The van der Waals surface area contributed by atoms with Gasteiger partial charge in [-0.2, -0.15) is 5.26 Å². The van der Waals surface area contributed by atoms with Crippen molar-refractivity contribution in [1.82, 2.24) is 4.98 Å². The van der Waals surface area contributed by atoms with Crippen molar-refractivity contribution in [3.8, 4) is 11.8 Å². The Hall–Kier alpha value is -2.52. The van der Waals surface area contributed by atoms with Gasteiger partial charge in [0, 0.05) is 11.4 Å². The van der Waals surface area contributed by atoms with E-state index in [-0.39, 0.29) is 11.2 Å². The van der Waals surface area contributed by atoms with Crippen molar-refractivity contribution in [1.29, 1.82) is 5.26 Å². The summed E-state index contributed by atoms with van der Waals surface area (Å²) in [5, 5.41) is 12.7. The standard InChI is InChI=1S/C22H25N3O2S/c1-3-27-19-11-9-18(10-12-19)24-21(26)15(2)28-22-17(14-23)13-16-7-5-4-6-8-20(16)25-22/h9-13,15H,3-8H2,1-2H3,(H,24,26). The molecule has 0 fully saturated rings. The Labute approximate surface area is 170 Å². The number of amides is 1. The lowest BCUT2D eigenvalue weighted by Gasteiger charge is -2.14. The summed E-state index contributed by atoms with van der Waals surface area (Å²) in [6.07, 6.45) is 5.40. The number of carbonyl (C=O) groups is 1. The smallest absolute Gasteiger partial charge is 0.237 e. The van der Waals surface area contributed by atoms with Crippen molar-refractivity contribution < 1.29 is 9.53 Å². The second kappa shape index (κ2) is 9.61. The molecular weight excluding hydrogens is 370 g/mol. The van der Waals surface area contributed by atoms with Gasteiger partial charge in [-0.3, -0.25) is 4.79 Å². The van der Waals surface area contributed by atoms with Crippen LogP contribution in [0.2, 0.25) is 0 Å². The number of rotatable bonds is 6. The van der Waals surface area contributed by atoms with E-state index in [0.717, 1.165) is 42.8 Å². The number of ether oxygens (including phenoxy) is 1. The van der Waals surface area contributed by atoms with Crippen molar-refractivity contribution in [3.63, 3.8) is 0 Å². The summed E-state index contributed by atoms with van der Waals surface area (Å²) in [6.45, 7) is 4.37. The van der Waals surface area contributed by atoms with Gasteiger partial charge in [0.1, 0.15) is 16.8 Å². The van der Waals surface area contributed by atoms with Gasteiger partial charge in [-0.15, -0.1) is 0 Å². The number of carbonyl (C=O) groups excluding carboxylic acids is 1. The van der Waals surface area contributed by atoms with Gasteiger partial charge in [0.15, 0.2) is 0 Å². The summed E-state index contributed by atoms with van der Waals surface area (Å²) in [7, 11) is 0. The molecule has 0 saturated carbocycles. The Morgan fingerprint density at radius 2 is 2.04 bits per heavy atom. The van der Waals surface area contributed by atoms with Crippen LogP contribution in [0.25, 0.3) is 0 Å². The van der Waals surface area contributed by atoms with Crippen LogP contribution in [0.5, 0.6) is 5.75 Å². The number of hydrogen-bond donors (Lipinski definition) is 1. The summed E-state index contributed by atoms with van der Waals surface area (Å²) in [5.41, 5.74) is 3.55. The average molecular weight is 396 g/mol. The SMILES string of the molecule is CCOc1ccc(NC(=O)C(C)Sc2nc3c(cc2C#N)CCCCC3)cc1. The number of nitrogens with one attached hydrogen (secondary N) is 1. The van der Waals surface area contributed by atoms with E-state index in [9.17, 15) is 10.1 Å². The van der Waals surface area contributed by atoms with Crippen molar-refractivity contribution in [2.24, 2.45) is 0 Å². The van der Waals surface area contributed by atoms with Crippen LogP contribution in [0.15, 0.2) is 35.4 Å². The predicted octanol–water partition coefficient (Wildman–Crippen LogP) is 4.74. The molecule has 0 saturated heterocycles. The number of nitriles is 1. The monoisotopic (exact) mass is 395 g/mol. The Bertz CT molecular complexity index is 875. The topological polar surface area (TPSA) is 75.0 Å². The molecule has 1 aliphatic rings. The maximum atomic E-state index is 12.6. The minimum absolute atomic E-state index is 0.116. The van der Waals surface area contributed by atoms with Crippen molar-refractivity contribution in [2.45, 2.75) is 56.2 Å². The number of benzene rings is 1. The lowest BCUT2D eigenvalue weighted by atomic mass is 10.1. The molecule has 1 aromatic heterocycles. The zero-order valence-corrected chi connectivity index (χ0v) is 17.1. The zero-order chi connectivity index (χ0) is 19.9. The fourth-order valence-corrected chi connectivity index (χ4v) is 4.12. The maximum absolute atomic E-state index is 12.6. The highest BCUT2D eigenvalue weighted by molar-refractivity contribution is 8.00. The number of nitrogens with zero attached hydrogens (tertiary/aromatic N) is 2. The van der Waals surface area contributed by atoms with Crippen LogP contribution in [0.3, 0.4) is 0 Å². The van der Waals surface area contributed by atoms with Crippen molar-refractivity contribution in [3.05, 3.63) is 47.2 Å². The molecule has 1 atom stereocenters. The Morgan fingerprint density at radius 1 is 1.29 bits per heavy atom. The first-order valence-corrected chi connectivity index (χ1v) is 10.6. The molecule has 1 aliphatic carbocycles. The van der Waals surface area contributed by atoms with Gasteiger partial charge in [0.05, 0.1) is 17.4 Å². The molecule has 0 bridgehead atoms. The lowest BCUT2D eigenvalue weighted by molar-refractivity contribution is -0.115. The molecule has 3 rings (SSSR count). The molecule has 28 heavy (non-hydrogen) atoms. The predicted molar refractivity (Wildman–Crippen MR) is 112 cm³/mol. The van der Waals surface area contributed by atoms with Crippen LogP contribution >= 0.6 is 11.8 Å². The molecule has 0 radical (unpaired) electrons. The molecule has 1 unspecified atom stereocenters. The first kappa shape index (κ1) is 20.2. The number of thioether (sulfide) groups is 1. The normalized spacial score (nSPS) is 14.3. The molecule has 0 spiro atoms. The third-order valence-electron chi connectivity index (χ3n) is 4.73. The van der Waals surface area contributed by atoms with Gasteiger partial charge < -0.3 is 10.1 Å². The van der Waals surface area contributed by atoms with E-state index in [1.165, 1.54) is 23.7 Å². The van der Waals surface area contributed by atoms with Crippen molar-refractivity contribution in [2.75, 3.05) is 11.9 Å². The van der Waals surface area contributed by atoms with E-state index in [0.29, 0.717) is 17.2 Å². The highest BCUT2D eigenvalue weighted by Gasteiger charge is 2.20. The van der Waals surface area contributed by atoms with E-state index in [4.69, 9.17) is 9.72 Å². The summed E-state index contributed by atoms with van der Waals surface area (Å²) in [4.78, 5) is 17.3. The third-order valence-corrected chi connectivity index (χ3v) is 5.83. The minimum Gasteiger partial charge on any atom is -0.494 e. The molecule has 1 N–H and O–H groups in total. The Balaban J connectivity index is 1.69. The van der Waals surface area contributed by atoms with Crippen LogP contribution in [0.4, 0.5) is 5.69 Å². The lowest BCUT2D eigenvalue weighted by Crippen LogP contribution is -2.22. The van der Waals surface area contributed by atoms with E-state index < -0.39 is 0 Å². The molecule has 146 valence electrons. The first-order chi connectivity index (χ1) is 13.6. The molecular formula is C22H25N3O2S. The highest BCUT2D eigenvalue weighted by Crippen LogP contribution is 2.30. The molecule has 5 nitrogen and oxygen atoms in total. The van der Waals surface area contributed by atoms with Gasteiger partial charge in [0.25, 0.3) is 0 Å². The molecule has 2 aromatic rings. The molecule has 0 aliphatic heterocycles. The molecule has 6 heteroatoms. The van der Waals surface area contributed by atoms with E-state index in [2.05, 4.69) is 11.4 Å². The highest BCUT2D eigenvalue weighted by atomic mass is 32.2. The number of hydrogen-bond acceptors (Lipinski definition) is 5. The second-order valence-electron chi connectivity index (χ2n) is 6.83. The maximum Gasteiger partial charge on any atom is 0.237 e. The molecule has 1 amide bonds. The summed E-state index contributed by atoms with van der Waals surface area (Å²) in [5.74, 6) is 0.658.